The molecule has 0 spiro atoms. The van der Waals surface area contributed by atoms with E-state index in [9.17, 15) is 9.18 Å². The number of nitriles is 1. The van der Waals surface area contributed by atoms with E-state index in [1.165, 1.54) is 24.3 Å². The standard InChI is InChI=1S/C17H16FN3OS/c18-15-5-7-16(8-6-15)21-17(22)20-9-10-23-12-14-4-2-1-3-13(14)11-19/h1-8H,9-10,12H2,(H2,20,21,22). The van der Waals surface area contributed by atoms with Gasteiger partial charge in [0, 0.05) is 23.7 Å². The first-order chi connectivity index (χ1) is 11.2. The van der Waals surface area contributed by atoms with Crippen molar-refractivity contribution in [3.63, 3.8) is 0 Å². The number of carbonyl (C=O) groups is 1. The molecule has 2 aromatic rings. The van der Waals surface area contributed by atoms with Gasteiger partial charge < -0.3 is 10.6 Å². The zero-order valence-corrected chi connectivity index (χ0v) is 13.2. The molecule has 0 heterocycles. The van der Waals surface area contributed by atoms with Gasteiger partial charge in [-0.3, -0.25) is 0 Å². The second-order valence-electron chi connectivity index (χ2n) is 4.71. The Balaban J connectivity index is 1.66. The van der Waals surface area contributed by atoms with Crippen LogP contribution in [0.15, 0.2) is 48.5 Å². The highest BCUT2D eigenvalue weighted by Crippen LogP contribution is 2.15. The number of urea groups is 1. The van der Waals surface area contributed by atoms with Crippen molar-refractivity contribution in [2.75, 3.05) is 17.6 Å². The Bertz CT molecular complexity index is 698. The molecule has 23 heavy (non-hydrogen) atoms. The Morgan fingerprint density at radius 3 is 2.65 bits per heavy atom. The highest BCUT2D eigenvalue weighted by atomic mass is 32.2. The number of amides is 2. The van der Waals surface area contributed by atoms with Crippen LogP contribution in [0, 0.1) is 17.1 Å². The average Bonchev–Trinajstić information content (AvgIpc) is 2.57. The zero-order valence-electron chi connectivity index (χ0n) is 12.4. The van der Waals surface area contributed by atoms with Gasteiger partial charge in [-0.05, 0) is 35.9 Å². The topological polar surface area (TPSA) is 64.9 Å². The highest BCUT2D eigenvalue weighted by molar-refractivity contribution is 7.98. The summed E-state index contributed by atoms with van der Waals surface area (Å²) in [5, 5.41) is 14.4. The summed E-state index contributed by atoms with van der Waals surface area (Å²) in [4.78, 5) is 11.7. The van der Waals surface area contributed by atoms with Crippen molar-refractivity contribution in [2.24, 2.45) is 0 Å². The molecule has 2 aromatic carbocycles. The quantitative estimate of drug-likeness (QED) is 0.793. The average molecular weight is 329 g/mol. The Morgan fingerprint density at radius 2 is 1.91 bits per heavy atom. The number of rotatable bonds is 6. The van der Waals surface area contributed by atoms with Gasteiger partial charge in [-0.15, -0.1) is 0 Å². The maximum Gasteiger partial charge on any atom is 0.319 e. The van der Waals surface area contributed by atoms with Gasteiger partial charge in [0.2, 0.25) is 0 Å². The number of nitrogens with zero attached hydrogens (tertiary/aromatic N) is 1. The Labute approximate surface area is 138 Å². The van der Waals surface area contributed by atoms with E-state index in [0.29, 0.717) is 17.8 Å². The fourth-order valence-electron chi connectivity index (χ4n) is 1.88. The van der Waals surface area contributed by atoms with E-state index in [-0.39, 0.29) is 11.8 Å². The van der Waals surface area contributed by atoms with E-state index in [2.05, 4.69) is 16.7 Å². The number of halogens is 1. The Morgan fingerprint density at radius 1 is 1.17 bits per heavy atom. The summed E-state index contributed by atoms with van der Waals surface area (Å²) in [5.74, 6) is 1.12. The molecule has 2 amide bonds. The first-order valence-corrected chi connectivity index (χ1v) is 8.20. The van der Waals surface area contributed by atoms with Gasteiger partial charge in [0.15, 0.2) is 0 Å². The second kappa shape index (κ2) is 8.81. The first-order valence-electron chi connectivity index (χ1n) is 7.05. The lowest BCUT2D eigenvalue weighted by atomic mass is 10.1. The van der Waals surface area contributed by atoms with E-state index in [0.717, 1.165) is 17.1 Å². The molecule has 0 radical (unpaired) electrons. The fourth-order valence-corrected chi connectivity index (χ4v) is 2.74. The molecule has 0 aliphatic rings. The van der Waals surface area contributed by atoms with Crippen LogP contribution in [0.4, 0.5) is 14.9 Å². The van der Waals surface area contributed by atoms with Crippen LogP contribution < -0.4 is 10.6 Å². The minimum Gasteiger partial charge on any atom is -0.337 e. The van der Waals surface area contributed by atoms with Crippen LogP contribution in [-0.2, 0) is 5.75 Å². The summed E-state index contributed by atoms with van der Waals surface area (Å²) in [6.07, 6.45) is 0. The normalized spacial score (nSPS) is 9.91. The number of carbonyl (C=O) groups excluding carboxylic acids is 1. The molecule has 0 saturated carbocycles. The lowest BCUT2D eigenvalue weighted by Crippen LogP contribution is -2.30. The number of benzene rings is 2. The highest BCUT2D eigenvalue weighted by Gasteiger charge is 2.03. The molecule has 0 bridgehead atoms. The van der Waals surface area contributed by atoms with Gasteiger partial charge in [-0.25, -0.2) is 9.18 Å². The maximum atomic E-state index is 12.8. The van der Waals surface area contributed by atoms with Crippen molar-refractivity contribution in [2.45, 2.75) is 5.75 Å². The van der Waals surface area contributed by atoms with E-state index in [4.69, 9.17) is 5.26 Å². The number of hydrogen-bond acceptors (Lipinski definition) is 3. The smallest absolute Gasteiger partial charge is 0.319 e. The molecule has 4 nitrogen and oxygen atoms in total. The van der Waals surface area contributed by atoms with Crippen molar-refractivity contribution < 1.29 is 9.18 Å². The predicted molar refractivity (Wildman–Crippen MR) is 90.7 cm³/mol. The largest absolute Gasteiger partial charge is 0.337 e. The van der Waals surface area contributed by atoms with Gasteiger partial charge in [0.1, 0.15) is 5.82 Å². The van der Waals surface area contributed by atoms with Gasteiger partial charge in [-0.2, -0.15) is 17.0 Å². The van der Waals surface area contributed by atoms with Crippen molar-refractivity contribution >= 4 is 23.5 Å². The van der Waals surface area contributed by atoms with Gasteiger partial charge in [0.05, 0.1) is 11.6 Å². The summed E-state index contributed by atoms with van der Waals surface area (Å²) in [5.41, 5.74) is 2.22. The summed E-state index contributed by atoms with van der Waals surface area (Å²) < 4.78 is 12.8. The molecule has 0 aliphatic heterocycles. The summed E-state index contributed by atoms with van der Waals surface area (Å²) in [6.45, 7) is 0.506. The molecular weight excluding hydrogens is 313 g/mol. The van der Waals surface area contributed by atoms with E-state index in [1.54, 1.807) is 17.8 Å². The second-order valence-corrected chi connectivity index (χ2v) is 5.81. The SMILES string of the molecule is N#Cc1ccccc1CSCCNC(=O)Nc1ccc(F)cc1. The number of thioether (sulfide) groups is 1. The Hall–Kier alpha value is -2.52. The minimum absolute atomic E-state index is 0.324. The predicted octanol–water partition coefficient (Wildman–Crippen LogP) is 3.75. The third kappa shape index (κ3) is 5.64. The van der Waals surface area contributed by atoms with E-state index >= 15 is 0 Å². The third-order valence-corrected chi connectivity index (χ3v) is 4.04. The van der Waals surface area contributed by atoms with Crippen molar-refractivity contribution in [3.05, 3.63) is 65.5 Å². The molecular formula is C17H16FN3OS. The fraction of sp³-hybridized carbons (Fsp3) is 0.176. The number of anilines is 1. The Kier molecular flexibility index (Phi) is 6.45. The summed E-state index contributed by atoms with van der Waals surface area (Å²) in [6, 6.07) is 14.9. The van der Waals surface area contributed by atoms with Crippen LogP contribution in [-0.4, -0.2) is 18.3 Å². The maximum absolute atomic E-state index is 12.8. The molecule has 6 heteroatoms. The first kappa shape index (κ1) is 16.8. The number of hydrogen-bond donors (Lipinski definition) is 2. The summed E-state index contributed by atoms with van der Waals surface area (Å²) >= 11 is 1.64. The molecule has 0 aliphatic carbocycles. The molecule has 0 unspecified atom stereocenters. The minimum atomic E-state index is -0.343. The molecule has 0 saturated heterocycles. The van der Waals surface area contributed by atoms with E-state index in [1.807, 2.05) is 18.2 Å². The molecule has 0 aromatic heterocycles. The third-order valence-electron chi connectivity index (χ3n) is 3.03. The van der Waals surface area contributed by atoms with Crippen molar-refractivity contribution in [1.29, 1.82) is 5.26 Å². The molecule has 0 atom stereocenters. The molecule has 0 fully saturated rings. The van der Waals surface area contributed by atoms with Crippen LogP contribution in [0.25, 0.3) is 0 Å². The van der Waals surface area contributed by atoms with Gasteiger partial charge in [-0.1, -0.05) is 18.2 Å². The van der Waals surface area contributed by atoms with E-state index < -0.39 is 0 Å². The molecule has 2 rings (SSSR count). The molecule has 118 valence electrons. The van der Waals surface area contributed by atoms with Gasteiger partial charge in [0.25, 0.3) is 0 Å². The van der Waals surface area contributed by atoms with Crippen LogP contribution in [0.5, 0.6) is 0 Å². The van der Waals surface area contributed by atoms with Crippen LogP contribution in [0.2, 0.25) is 0 Å². The lowest BCUT2D eigenvalue weighted by molar-refractivity contribution is 0.252. The van der Waals surface area contributed by atoms with Crippen molar-refractivity contribution in [1.82, 2.24) is 5.32 Å². The van der Waals surface area contributed by atoms with Crippen LogP contribution >= 0.6 is 11.8 Å². The number of nitrogens with one attached hydrogen (secondary N) is 2. The van der Waals surface area contributed by atoms with Crippen molar-refractivity contribution in [3.8, 4) is 6.07 Å². The summed E-state index contributed by atoms with van der Waals surface area (Å²) in [7, 11) is 0. The van der Waals surface area contributed by atoms with Gasteiger partial charge >= 0.3 is 6.03 Å². The lowest BCUT2D eigenvalue weighted by Gasteiger charge is -2.08. The van der Waals surface area contributed by atoms with Crippen LogP contribution in [0.1, 0.15) is 11.1 Å². The monoisotopic (exact) mass is 329 g/mol. The van der Waals surface area contributed by atoms with Crippen LogP contribution in [0.3, 0.4) is 0 Å². The zero-order chi connectivity index (χ0) is 16.5. The molecule has 2 N–H and O–H groups in total.